The highest BCUT2D eigenvalue weighted by Gasteiger charge is 2.47. The molecule has 1 fully saturated rings. The minimum atomic E-state index is -0.977. The molecule has 2 rings (SSSR count). The summed E-state index contributed by atoms with van der Waals surface area (Å²) in [7, 11) is 0. The predicted octanol–water partition coefficient (Wildman–Crippen LogP) is 1.05. The molecule has 0 aromatic carbocycles. The van der Waals surface area contributed by atoms with Crippen LogP contribution in [-0.2, 0) is 4.79 Å². The van der Waals surface area contributed by atoms with E-state index in [1.54, 1.807) is 0 Å². The van der Waals surface area contributed by atoms with Crippen LogP contribution in [0, 0.1) is 5.92 Å². The van der Waals surface area contributed by atoms with Gasteiger partial charge in [-0.05, 0) is 18.8 Å². The van der Waals surface area contributed by atoms with E-state index in [-0.39, 0.29) is 11.7 Å². The Kier molecular flexibility index (Phi) is 1.39. The maximum Gasteiger partial charge on any atom is 0.164 e. The molecule has 2 nitrogen and oxygen atoms in total. The summed E-state index contributed by atoms with van der Waals surface area (Å²) >= 11 is 0. The van der Waals surface area contributed by atoms with Crippen molar-refractivity contribution >= 4 is 5.78 Å². The van der Waals surface area contributed by atoms with Crippen molar-refractivity contribution in [2.75, 3.05) is 0 Å². The van der Waals surface area contributed by atoms with Crippen LogP contribution in [0.15, 0.2) is 12.2 Å². The first kappa shape index (κ1) is 7.04. The highest BCUT2D eigenvalue weighted by atomic mass is 16.3. The van der Waals surface area contributed by atoms with Gasteiger partial charge in [0.2, 0.25) is 0 Å². The Labute approximate surface area is 65.9 Å². The van der Waals surface area contributed by atoms with Gasteiger partial charge in [-0.1, -0.05) is 12.2 Å². The molecule has 0 aromatic heterocycles. The Morgan fingerprint density at radius 2 is 2.36 bits per heavy atom. The fourth-order valence-electron chi connectivity index (χ4n) is 2.11. The van der Waals surface area contributed by atoms with Gasteiger partial charge in [0.15, 0.2) is 5.78 Å². The van der Waals surface area contributed by atoms with Crippen molar-refractivity contribution in [1.29, 1.82) is 0 Å². The molecular formula is C9H12O2. The first-order valence-corrected chi connectivity index (χ1v) is 4.14. The molecule has 0 heterocycles. The van der Waals surface area contributed by atoms with Gasteiger partial charge in [-0.25, -0.2) is 0 Å². The first-order valence-electron chi connectivity index (χ1n) is 4.14. The standard InChI is InChI=1S/C9H12O2/c10-8-5-4-7-3-1-2-6-9(7,8)11/h1-2,7,11H,3-6H2/t7-,9-/m1/s1. The van der Waals surface area contributed by atoms with Gasteiger partial charge in [0.1, 0.15) is 5.60 Å². The molecular weight excluding hydrogens is 140 g/mol. The monoisotopic (exact) mass is 152 g/mol. The number of allylic oxidation sites excluding steroid dienone is 1. The third-order valence-electron chi connectivity index (χ3n) is 2.89. The summed E-state index contributed by atoms with van der Waals surface area (Å²) < 4.78 is 0. The van der Waals surface area contributed by atoms with Crippen molar-refractivity contribution < 1.29 is 9.90 Å². The normalized spacial score (nSPS) is 42.6. The zero-order valence-corrected chi connectivity index (χ0v) is 6.42. The average molecular weight is 152 g/mol. The number of Topliss-reactive ketones (excluding diaryl/α,β-unsaturated/α-hetero) is 1. The molecule has 0 saturated heterocycles. The molecule has 0 radical (unpaired) electrons. The number of ketones is 1. The van der Waals surface area contributed by atoms with Crippen LogP contribution in [0.4, 0.5) is 0 Å². The maximum absolute atomic E-state index is 11.2. The van der Waals surface area contributed by atoms with E-state index in [0.29, 0.717) is 12.8 Å². The Bertz CT molecular complexity index is 220. The fourth-order valence-corrected chi connectivity index (χ4v) is 2.11. The molecule has 1 saturated carbocycles. The van der Waals surface area contributed by atoms with Crippen LogP contribution in [0.25, 0.3) is 0 Å². The molecule has 1 N–H and O–H groups in total. The smallest absolute Gasteiger partial charge is 0.164 e. The van der Waals surface area contributed by atoms with E-state index in [9.17, 15) is 9.90 Å². The molecule has 11 heavy (non-hydrogen) atoms. The fraction of sp³-hybridized carbons (Fsp3) is 0.667. The molecule has 2 atom stereocenters. The lowest BCUT2D eigenvalue weighted by molar-refractivity contribution is -0.136. The number of rotatable bonds is 0. The molecule has 0 amide bonds. The number of carbonyl (C=O) groups excluding carboxylic acids is 1. The van der Waals surface area contributed by atoms with E-state index in [1.807, 2.05) is 6.08 Å². The number of hydrogen-bond donors (Lipinski definition) is 1. The summed E-state index contributed by atoms with van der Waals surface area (Å²) in [5.41, 5.74) is -0.977. The second-order valence-electron chi connectivity index (χ2n) is 3.49. The van der Waals surface area contributed by atoms with Crippen molar-refractivity contribution in [3.05, 3.63) is 12.2 Å². The molecule has 0 spiro atoms. The largest absolute Gasteiger partial charge is 0.381 e. The van der Waals surface area contributed by atoms with E-state index < -0.39 is 5.60 Å². The lowest BCUT2D eigenvalue weighted by atomic mass is 9.81. The van der Waals surface area contributed by atoms with Crippen LogP contribution in [0.3, 0.4) is 0 Å². The lowest BCUT2D eigenvalue weighted by Crippen LogP contribution is -2.40. The van der Waals surface area contributed by atoms with Crippen LogP contribution >= 0.6 is 0 Å². The molecule has 2 aliphatic rings. The van der Waals surface area contributed by atoms with Gasteiger partial charge in [0, 0.05) is 12.8 Å². The van der Waals surface area contributed by atoms with Crippen molar-refractivity contribution in [3.8, 4) is 0 Å². The van der Waals surface area contributed by atoms with E-state index in [4.69, 9.17) is 0 Å². The number of carbonyl (C=O) groups is 1. The molecule has 0 bridgehead atoms. The number of aliphatic hydroxyl groups is 1. The summed E-state index contributed by atoms with van der Waals surface area (Å²) in [4.78, 5) is 11.2. The zero-order chi connectivity index (χ0) is 7.90. The topological polar surface area (TPSA) is 37.3 Å². The second-order valence-corrected chi connectivity index (χ2v) is 3.49. The van der Waals surface area contributed by atoms with Gasteiger partial charge in [-0.3, -0.25) is 4.79 Å². The van der Waals surface area contributed by atoms with E-state index in [2.05, 4.69) is 6.08 Å². The van der Waals surface area contributed by atoms with Crippen molar-refractivity contribution in [2.45, 2.75) is 31.3 Å². The molecule has 0 unspecified atom stereocenters. The van der Waals surface area contributed by atoms with E-state index in [1.165, 1.54) is 0 Å². The van der Waals surface area contributed by atoms with Gasteiger partial charge >= 0.3 is 0 Å². The average Bonchev–Trinajstić information content (AvgIpc) is 2.29. The molecule has 60 valence electrons. The molecule has 2 aliphatic carbocycles. The van der Waals surface area contributed by atoms with Crippen LogP contribution in [0.2, 0.25) is 0 Å². The van der Waals surface area contributed by atoms with Gasteiger partial charge in [-0.2, -0.15) is 0 Å². The Hall–Kier alpha value is -0.630. The Morgan fingerprint density at radius 3 is 3.09 bits per heavy atom. The number of hydrogen-bond acceptors (Lipinski definition) is 2. The van der Waals surface area contributed by atoms with Crippen LogP contribution in [-0.4, -0.2) is 16.5 Å². The van der Waals surface area contributed by atoms with Crippen LogP contribution in [0.5, 0.6) is 0 Å². The van der Waals surface area contributed by atoms with Crippen molar-refractivity contribution in [2.24, 2.45) is 5.92 Å². The minimum Gasteiger partial charge on any atom is -0.381 e. The lowest BCUT2D eigenvalue weighted by Gasteiger charge is -2.29. The van der Waals surface area contributed by atoms with Gasteiger partial charge in [-0.15, -0.1) is 0 Å². The molecule has 0 aliphatic heterocycles. The Morgan fingerprint density at radius 1 is 1.55 bits per heavy atom. The summed E-state index contributed by atoms with van der Waals surface area (Å²) in [6.45, 7) is 0. The minimum absolute atomic E-state index is 0.0480. The Balaban J connectivity index is 2.31. The third-order valence-corrected chi connectivity index (χ3v) is 2.89. The second kappa shape index (κ2) is 2.18. The summed E-state index contributed by atoms with van der Waals surface area (Å²) in [6, 6.07) is 0. The van der Waals surface area contributed by atoms with Crippen LogP contribution in [0.1, 0.15) is 25.7 Å². The van der Waals surface area contributed by atoms with Gasteiger partial charge < -0.3 is 5.11 Å². The van der Waals surface area contributed by atoms with Crippen molar-refractivity contribution in [3.63, 3.8) is 0 Å². The highest BCUT2D eigenvalue weighted by molar-refractivity contribution is 5.90. The zero-order valence-electron chi connectivity index (χ0n) is 6.42. The predicted molar refractivity (Wildman–Crippen MR) is 41.1 cm³/mol. The highest BCUT2D eigenvalue weighted by Crippen LogP contribution is 2.40. The van der Waals surface area contributed by atoms with Crippen molar-refractivity contribution in [1.82, 2.24) is 0 Å². The maximum atomic E-state index is 11.2. The van der Waals surface area contributed by atoms with Crippen LogP contribution < -0.4 is 0 Å². The summed E-state index contributed by atoms with van der Waals surface area (Å²) in [5.74, 6) is 0.256. The molecule has 0 aromatic rings. The van der Waals surface area contributed by atoms with E-state index in [0.717, 1.165) is 12.8 Å². The first-order chi connectivity index (χ1) is 5.23. The van der Waals surface area contributed by atoms with Gasteiger partial charge in [0.05, 0.1) is 0 Å². The molecule has 2 heteroatoms. The summed E-state index contributed by atoms with van der Waals surface area (Å²) in [5, 5.41) is 9.88. The third kappa shape index (κ3) is 0.857. The van der Waals surface area contributed by atoms with E-state index >= 15 is 0 Å². The summed E-state index contributed by atoms with van der Waals surface area (Å²) in [6.07, 6.45) is 6.85. The SMILES string of the molecule is O=C1CC[C@H]2CC=CC[C@]12O. The number of fused-ring (bicyclic) bond motifs is 1. The quantitative estimate of drug-likeness (QED) is 0.527. The van der Waals surface area contributed by atoms with Gasteiger partial charge in [0.25, 0.3) is 0 Å².